The van der Waals surface area contributed by atoms with Gasteiger partial charge in [-0.05, 0) is 36.8 Å². The monoisotopic (exact) mass is 347 g/mol. The molecule has 0 spiro atoms. The number of rotatable bonds is 3. The third kappa shape index (κ3) is 3.42. The van der Waals surface area contributed by atoms with E-state index in [1.807, 2.05) is 12.1 Å². The summed E-state index contributed by atoms with van der Waals surface area (Å²) in [7, 11) is 0. The van der Waals surface area contributed by atoms with E-state index < -0.39 is 5.82 Å². The molecular formula is C18H19ClFN3O. The van der Waals surface area contributed by atoms with Gasteiger partial charge in [0.15, 0.2) is 0 Å². The Morgan fingerprint density at radius 1 is 1.17 bits per heavy atom. The summed E-state index contributed by atoms with van der Waals surface area (Å²) in [4.78, 5) is 20.6. The second-order valence-corrected chi connectivity index (χ2v) is 6.29. The zero-order valence-corrected chi connectivity index (χ0v) is 14.2. The first-order valence-electron chi connectivity index (χ1n) is 7.95. The fourth-order valence-electron chi connectivity index (χ4n) is 3.03. The highest BCUT2D eigenvalue weighted by atomic mass is 35.5. The van der Waals surface area contributed by atoms with Crippen molar-refractivity contribution in [1.82, 2.24) is 14.8 Å². The van der Waals surface area contributed by atoms with Crippen LogP contribution in [0.3, 0.4) is 0 Å². The molecule has 0 N–H and O–H groups in total. The van der Waals surface area contributed by atoms with Gasteiger partial charge in [-0.3, -0.25) is 14.7 Å². The van der Waals surface area contributed by atoms with Crippen LogP contribution in [0.25, 0.3) is 0 Å². The Morgan fingerprint density at radius 2 is 1.83 bits per heavy atom. The number of benzene rings is 1. The summed E-state index contributed by atoms with van der Waals surface area (Å²) in [6.07, 6.45) is 3.57. The molecule has 3 rings (SSSR count). The van der Waals surface area contributed by atoms with Gasteiger partial charge in [0, 0.05) is 44.6 Å². The van der Waals surface area contributed by atoms with Crippen LogP contribution in [0.4, 0.5) is 4.39 Å². The zero-order valence-electron chi connectivity index (χ0n) is 13.5. The molecule has 6 heteroatoms. The van der Waals surface area contributed by atoms with Gasteiger partial charge in [0.25, 0.3) is 5.91 Å². The third-order valence-corrected chi connectivity index (χ3v) is 4.83. The van der Waals surface area contributed by atoms with Crippen LogP contribution in [0.5, 0.6) is 0 Å². The minimum absolute atomic E-state index is 0.0326. The Hall–Kier alpha value is -1.98. The largest absolute Gasteiger partial charge is 0.336 e. The Kier molecular flexibility index (Phi) is 5.11. The summed E-state index contributed by atoms with van der Waals surface area (Å²) in [6.45, 7) is 4.72. The van der Waals surface area contributed by atoms with Crippen LogP contribution in [-0.2, 0) is 0 Å². The van der Waals surface area contributed by atoms with E-state index in [-0.39, 0.29) is 22.5 Å². The Labute approximate surface area is 145 Å². The number of nitrogens with zero attached hydrogens (tertiary/aromatic N) is 3. The Bertz CT molecular complexity index is 697. The molecule has 1 atom stereocenters. The van der Waals surface area contributed by atoms with Crippen LogP contribution in [0.1, 0.15) is 28.9 Å². The van der Waals surface area contributed by atoms with E-state index in [0.717, 1.165) is 13.1 Å². The molecule has 4 nitrogen and oxygen atoms in total. The first-order chi connectivity index (χ1) is 11.6. The van der Waals surface area contributed by atoms with Gasteiger partial charge >= 0.3 is 0 Å². The molecule has 24 heavy (non-hydrogen) atoms. The maximum Gasteiger partial charge on any atom is 0.258 e. The maximum absolute atomic E-state index is 13.9. The first-order valence-corrected chi connectivity index (χ1v) is 8.33. The molecule has 1 unspecified atom stereocenters. The quantitative estimate of drug-likeness (QED) is 0.854. The normalized spacial score (nSPS) is 16.9. The number of carbonyl (C=O) groups is 1. The van der Waals surface area contributed by atoms with E-state index in [1.165, 1.54) is 17.7 Å². The lowest BCUT2D eigenvalue weighted by Gasteiger charge is -2.38. The predicted octanol–water partition coefficient (Wildman–Crippen LogP) is 3.39. The van der Waals surface area contributed by atoms with Crippen molar-refractivity contribution in [2.75, 3.05) is 26.2 Å². The number of hydrogen-bond acceptors (Lipinski definition) is 3. The molecule has 0 saturated carbocycles. The average molecular weight is 348 g/mol. The smallest absolute Gasteiger partial charge is 0.258 e. The molecular weight excluding hydrogens is 329 g/mol. The van der Waals surface area contributed by atoms with Crippen LogP contribution < -0.4 is 0 Å². The van der Waals surface area contributed by atoms with Crippen LogP contribution >= 0.6 is 11.6 Å². The van der Waals surface area contributed by atoms with Crippen molar-refractivity contribution >= 4 is 17.5 Å². The molecule has 1 aromatic carbocycles. The van der Waals surface area contributed by atoms with Crippen LogP contribution in [0, 0.1) is 5.82 Å². The van der Waals surface area contributed by atoms with E-state index in [9.17, 15) is 9.18 Å². The number of carbonyl (C=O) groups excluding carboxylic acids is 1. The van der Waals surface area contributed by atoms with Gasteiger partial charge in [0.1, 0.15) is 5.82 Å². The maximum atomic E-state index is 13.9. The summed E-state index contributed by atoms with van der Waals surface area (Å²) in [5, 5.41) is 0.160. The molecule has 2 heterocycles. The second kappa shape index (κ2) is 7.28. The minimum Gasteiger partial charge on any atom is -0.336 e. The molecule has 0 aliphatic carbocycles. The Morgan fingerprint density at radius 3 is 2.46 bits per heavy atom. The van der Waals surface area contributed by atoms with Crippen molar-refractivity contribution in [3.05, 3.63) is 64.7 Å². The molecule has 1 fully saturated rings. The number of amides is 1. The second-order valence-electron chi connectivity index (χ2n) is 5.88. The van der Waals surface area contributed by atoms with E-state index in [0.29, 0.717) is 13.1 Å². The highest BCUT2D eigenvalue weighted by Crippen LogP contribution is 2.24. The van der Waals surface area contributed by atoms with Crippen molar-refractivity contribution in [2.24, 2.45) is 0 Å². The van der Waals surface area contributed by atoms with Gasteiger partial charge < -0.3 is 4.90 Å². The van der Waals surface area contributed by atoms with E-state index >= 15 is 0 Å². The molecule has 0 radical (unpaired) electrons. The summed E-state index contributed by atoms with van der Waals surface area (Å²) < 4.78 is 13.9. The van der Waals surface area contributed by atoms with Crippen molar-refractivity contribution in [3.8, 4) is 0 Å². The fourth-order valence-corrected chi connectivity index (χ4v) is 3.27. The van der Waals surface area contributed by atoms with E-state index in [1.54, 1.807) is 23.4 Å². The molecule has 126 valence electrons. The highest BCUT2D eigenvalue weighted by molar-refractivity contribution is 6.33. The molecule has 1 saturated heterocycles. The standard InChI is InChI=1S/C18H19ClFN3O/c1-13(14-5-7-21-8-6-14)22-9-11-23(12-10-22)18(24)17-15(19)3-2-4-16(17)20/h2-8,13H,9-12H2,1H3. The van der Waals surface area contributed by atoms with Crippen LogP contribution in [0.2, 0.25) is 5.02 Å². The van der Waals surface area contributed by atoms with Gasteiger partial charge in [-0.1, -0.05) is 17.7 Å². The van der Waals surface area contributed by atoms with Crippen molar-refractivity contribution in [2.45, 2.75) is 13.0 Å². The molecule has 1 aliphatic rings. The zero-order chi connectivity index (χ0) is 17.1. The summed E-state index contributed by atoms with van der Waals surface area (Å²) in [5.74, 6) is -0.908. The van der Waals surface area contributed by atoms with Gasteiger partial charge in [-0.2, -0.15) is 0 Å². The number of aromatic nitrogens is 1. The van der Waals surface area contributed by atoms with E-state index in [4.69, 9.17) is 11.6 Å². The molecule has 1 aliphatic heterocycles. The van der Waals surface area contributed by atoms with Crippen LogP contribution in [0.15, 0.2) is 42.7 Å². The van der Waals surface area contributed by atoms with Gasteiger partial charge in [0.2, 0.25) is 0 Å². The highest BCUT2D eigenvalue weighted by Gasteiger charge is 2.27. The third-order valence-electron chi connectivity index (χ3n) is 4.51. The van der Waals surface area contributed by atoms with Crippen molar-refractivity contribution < 1.29 is 9.18 Å². The molecule has 0 bridgehead atoms. The molecule has 2 aromatic rings. The number of pyridine rings is 1. The first kappa shape index (κ1) is 16.9. The molecule has 1 amide bonds. The minimum atomic E-state index is -0.569. The van der Waals surface area contributed by atoms with Crippen molar-refractivity contribution in [3.63, 3.8) is 0 Å². The predicted molar refractivity (Wildman–Crippen MR) is 91.5 cm³/mol. The van der Waals surface area contributed by atoms with Gasteiger partial charge in [0.05, 0.1) is 10.6 Å². The number of hydrogen-bond donors (Lipinski definition) is 0. The van der Waals surface area contributed by atoms with Crippen LogP contribution in [-0.4, -0.2) is 46.9 Å². The SMILES string of the molecule is CC(c1ccncc1)N1CCN(C(=O)c2c(F)cccc2Cl)CC1. The van der Waals surface area contributed by atoms with E-state index in [2.05, 4.69) is 16.8 Å². The average Bonchev–Trinajstić information content (AvgIpc) is 2.62. The lowest BCUT2D eigenvalue weighted by molar-refractivity contribution is 0.0578. The fraction of sp³-hybridized carbons (Fsp3) is 0.333. The summed E-state index contributed by atoms with van der Waals surface area (Å²) in [6, 6.07) is 8.56. The summed E-state index contributed by atoms with van der Waals surface area (Å²) in [5.41, 5.74) is 1.16. The number of halogens is 2. The van der Waals surface area contributed by atoms with Crippen molar-refractivity contribution in [1.29, 1.82) is 0 Å². The van der Waals surface area contributed by atoms with Gasteiger partial charge in [-0.15, -0.1) is 0 Å². The Balaban J connectivity index is 1.66. The molecule has 1 aromatic heterocycles. The lowest BCUT2D eigenvalue weighted by atomic mass is 10.1. The lowest BCUT2D eigenvalue weighted by Crippen LogP contribution is -2.49. The van der Waals surface area contributed by atoms with Gasteiger partial charge in [-0.25, -0.2) is 4.39 Å². The topological polar surface area (TPSA) is 36.4 Å². The summed E-state index contributed by atoms with van der Waals surface area (Å²) >= 11 is 6.00. The number of piperazine rings is 1.